The molecule has 1 saturated heterocycles. The smallest absolute Gasteiger partial charge is 0.222 e. The van der Waals surface area contributed by atoms with Crippen LogP contribution >= 0.6 is 11.6 Å². The maximum atomic E-state index is 9.36. The molecule has 5 nitrogen and oxygen atoms in total. The van der Waals surface area contributed by atoms with E-state index in [2.05, 4.69) is 16.0 Å². The van der Waals surface area contributed by atoms with Crippen LogP contribution < -0.4 is 4.74 Å². The zero-order valence-corrected chi connectivity index (χ0v) is 12.6. The quantitative estimate of drug-likeness (QED) is 0.813. The van der Waals surface area contributed by atoms with Gasteiger partial charge < -0.3 is 9.47 Å². The summed E-state index contributed by atoms with van der Waals surface area (Å²) in [4.78, 5) is 8.10. The summed E-state index contributed by atoms with van der Waals surface area (Å²) in [6, 6.07) is 9.34. The molecule has 1 aromatic heterocycles. The van der Waals surface area contributed by atoms with Crippen molar-refractivity contribution < 1.29 is 9.47 Å². The molecule has 112 valence electrons. The summed E-state index contributed by atoms with van der Waals surface area (Å²) in [5.41, 5.74) is 1.87. The summed E-state index contributed by atoms with van der Waals surface area (Å²) < 4.78 is 11.4. The normalized spacial score (nSPS) is 15.3. The zero-order chi connectivity index (χ0) is 15.4. The Bertz CT molecular complexity index is 709. The van der Waals surface area contributed by atoms with Crippen molar-refractivity contribution in [3.63, 3.8) is 0 Å². The van der Waals surface area contributed by atoms with Crippen LogP contribution in [0.15, 0.2) is 30.5 Å². The Morgan fingerprint density at radius 2 is 2.09 bits per heavy atom. The highest BCUT2D eigenvalue weighted by Gasteiger charge is 2.20. The van der Waals surface area contributed by atoms with Gasteiger partial charge in [0.15, 0.2) is 0 Å². The van der Waals surface area contributed by atoms with E-state index in [4.69, 9.17) is 21.1 Å². The molecule has 0 aliphatic carbocycles. The Labute approximate surface area is 133 Å². The lowest BCUT2D eigenvalue weighted by Gasteiger charge is -2.25. The molecule has 0 unspecified atom stereocenters. The number of ether oxygens (including phenoxy) is 2. The molecule has 2 aromatic rings. The van der Waals surface area contributed by atoms with E-state index in [0.29, 0.717) is 30.2 Å². The monoisotopic (exact) mass is 315 g/mol. The number of nitriles is 1. The maximum Gasteiger partial charge on any atom is 0.222 e. The number of rotatable bonds is 3. The van der Waals surface area contributed by atoms with Crippen LogP contribution in [-0.2, 0) is 4.74 Å². The molecule has 6 heteroatoms. The van der Waals surface area contributed by atoms with Gasteiger partial charge in [0.25, 0.3) is 0 Å². The van der Waals surface area contributed by atoms with Gasteiger partial charge in [-0.25, -0.2) is 9.97 Å². The third-order valence-corrected chi connectivity index (χ3v) is 3.67. The van der Waals surface area contributed by atoms with Crippen molar-refractivity contribution in [1.29, 1.82) is 5.26 Å². The molecule has 1 aromatic carbocycles. The van der Waals surface area contributed by atoms with Crippen molar-refractivity contribution in [1.82, 2.24) is 9.97 Å². The third kappa shape index (κ3) is 3.19. The lowest BCUT2D eigenvalue weighted by Crippen LogP contribution is -2.26. The standard InChI is InChI=1S/C16H14ClN3O2/c17-16-19-7-4-14(20-16)13-3-1-2-11(10-18)15(13)22-12-5-8-21-9-6-12/h1-4,7,12H,5-6,8-9H2. The van der Waals surface area contributed by atoms with Crippen molar-refractivity contribution in [2.45, 2.75) is 18.9 Å². The number of hydrogen-bond donors (Lipinski definition) is 0. The summed E-state index contributed by atoms with van der Waals surface area (Å²) in [5.74, 6) is 0.548. The fourth-order valence-corrected chi connectivity index (χ4v) is 2.55. The van der Waals surface area contributed by atoms with Crippen LogP contribution in [0.5, 0.6) is 5.75 Å². The average Bonchev–Trinajstić information content (AvgIpc) is 2.56. The SMILES string of the molecule is N#Cc1cccc(-c2ccnc(Cl)n2)c1OC1CCOCC1. The van der Waals surface area contributed by atoms with Gasteiger partial charge in [-0.3, -0.25) is 0 Å². The van der Waals surface area contributed by atoms with Crippen molar-refractivity contribution in [2.24, 2.45) is 0 Å². The molecule has 3 rings (SSSR count). The second kappa shape index (κ2) is 6.73. The first kappa shape index (κ1) is 14.8. The highest BCUT2D eigenvalue weighted by atomic mass is 35.5. The van der Waals surface area contributed by atoms with Gasteiger partial charge in [-0.05, 0) is 29.8 Å². The minimum absolute atomic E-state index is 0.0410. The Kier molecular flexibility index (Phi) is 4.52. The number of nitrogens with zero attached hydrogens (tertiary/aromatic N) is 3. The number of halogens is 1. The molecule has 2 heterocycles. The summed E-state index contributed by atoms with van der Waals surface area (Å²) in [5, 5.41) is 9.52. The summed E-state index contributed by atoms with van der Waals surface area (Å²) in [6.07, 6.45) is 3.24. The predicted octanol–water partition coefficient (Wildman–Crippen LogP) is 3.23. The number of aromatic nitrogens is 2. The van der Waals surface area contributed by atoms with E-state index in [-0.39, 0.29) is 11.4 Å². The van der Waals surface area contributed by atoms with Gasteiger partial charge >= 0.3 is 0 Å². The van der Waals surface area contributed by atoms with Gasteiger partial charge in [0.2, 0.25) is 5.28 Å². The lowest BCUT2D eigenvalue weighted by molar-refractivity contribution is 0.0257. The van der Waals surface area contributed by atoms with Crippen LogP contribution in [0.2, 0.25) is 5.28 Å². The molecule has 0 amide bonds. The zero-order valence-electron chi connectivity index (χ0n) is 11.8. The van der Waals surface area contributed by atoms with Gasteiger partial charge in [-0.15, -0.1) is 0 Å². The molecular formula is C16H14ClN3O2. The van der Waals surface area contributed by atoms with Crippen LogP contribution in [-0.4, -0.2) is 29.3 Å². The fraction of sp³-hybridized carbons (Fsp3) is 0.312. The Balaban J connectivity index is 2.00. The molecule has 22 heavy (non-hydrogen) atoms. The number of para-hydroxylation sites is 1. The van der Waals surface area contributed by atoms with Crippen LogP contribution in [0.3, 0.4) is 0 Å². The second-order valence-electron chi connectivity index (χ2n) is 4.93. The van der Waals surface area contributed by atoms with E-state index < -0.39 is 0 Å². The van der Waals surface area contributed by atoms with Crippen LogP contribution in [0, 0.1) is 11.3 Å². The van der Waals surface area contributed by atoms with E-state index in [1.54, 1.807) is 24.4 Å². The minimum atomic E-state index is 0.0410. The third-order valence-electron chi connectivity index (χ3n) is 3.49. The Morgan fingerprint density at radius 3 is 2.82 bits per heavy atom. The first-order valence-electron chi connectivity index (χ1n) is 7.04. The first-order chi connectivity index (χ1) is 10.8. The Hall–Kier alpha value is -2.16. The van der Waals surface area contributed by atoms with Crippen molar-refractivity contribution in [3.8, 4) is 23.1 Å². The van der Waals surface area contributed by atoms with Crippen LogP contribution in [0.1, 0.15) is 18.4 Å². The average molecular weight is 316 g/mol. The molecule has 0 saturated carbocycles. The lowest BCUT2D eigenvalue weighted by atomic mass is 10.1. The number of hydrogen-bond acceptors (Lipinski definition) is 5. The van der Waals surface area contributed by atoms with E-state index in [1.807, 2.05) is 6.07 Å². The van der Waals surface area contributed by atoms with Crippen molar-refractivity contribution >= 4 is 11.6 Å². The van der Waals surface area contributed by atoms with Gasteiger partial charge in [0.1, 0.15) is 17.9 Å². The van der Waals surface area contributed by atoms with Crippen LogP contribution in [0.25, 0.3) is 11.3 Å². The minimum Gasteiger partial charge on any atom is -0.488 e. The molecule has 1 aliphatic rings. The summed E-state index contributed by atoms with van der Waals surface area (Å²) >= 11 is 5.87. The van der Waals surface area contributed by atoms with E-state index in [1.165, 1.54) is 0 Å². The van der Waals surface area contributed by atoms with E-state index in [0.717, 1.165) is 18.4 Å². The van der Waals surface area contributed by atoms with E-state index in [9.17, 15) is 5.26 Å². The van der Waals surface area contributed by atoms with Gasteiger partial charge in [0.05, 0.1) is 24.5 Å². The molecule has 1 fully saturated rings. The molecule has 0 N–H and O–H groups in total. The molecule has 0 radical (unpaired) electrons. The van der Waals surface area contributed by atoms with E-state index >= 15 is 0 Å². The summed E-state index contributed by atoms with van der Waals surface area (Å²) in [6.45, 7) is 1.35. The Morgan fingerprint density at radius 1 is 1.27 bits per heavy atom. The molecular weight excluding hydrogens is 302 g/mol. The second-order valence-corrected chi connectivity index (χ2v) is 5.27. The maximum absolute atomic E-state index is 9.36. The molecule has 1 aliphatic heterocycles. The largest absolute Gasteiger partial charge is 0.488 e. The molecule has 0 bridgehead atoms. The van der Waals surface area contributed by atoms with Gasteiger partial charge in [-0.2, -0.15) is 5.26 Å². The first-order valence-corrected chi connectivity index (χ1v) is 7.42. The summed E-state index contributed by atoms with van der Waals surface area (Å²) in [7, 11) is 0. The van der Waals surface area contributed by atoms with Gasteiger partial charge in [0, 0.05) is 24.6 Å². The highest BCUT2D eigenvalue weighted by molar-refractivity contribution is 6.28. The number of benzene rings is 1. The fourth-order valence-electron chi connectivity index (χ4n) is 2.40. The van der Waals surface area contributed by atoms with Crippen LogP contribution in [0.4, 0.5) is 0 Å². The van der Waals surface area contributed by atoms with Crippen molar-refractivity contribution in [3.05, 3.63) is 41.3 Å². The topological polar surface area (TPSA) is 68.0 Å². The van der Waals surface area contributed by atoms with Gasteiger partial charge in [-0.1, -0.05) is 6.07 Å². The highest BCUT2D eigenvalue weighted by Crippen LogP contribution is 2.34. The predicted molar refractivity (Wildman–Crippen MR) is 81.7 cm³/mol. The molecule has 0 atom stereocenters. The molecule has 0 spiro atoms. The van der Waals surface area contributed by atoms with Crippen molar-refractivity contribution in [2.75, 3.05) is 13.2 Å².